The summed E-state index contributed by atoms with van der Waals surface area (Å²) in [7, 11) is 0. The van der Waals surface area contributed by atoms with E-state index < -0.39 is 0 Å². The summed E-state index contributed by atoms with van der Waals surface area (Å²) in [6.07, 6.45) is 10.4. The number of aliphatic hydroxyl groups excluding tert-OH is 1. The van der Waals surface area contributed by atoms with Gasteiger partial charge in [-0.15, -0.1) is 0 Å². The van der Waals surface area contributed by atoms with Crippen molar-refractivity contribution in [3.63, 3.8) is 0 Å². The van der Waals surface area contributed by atoms with Gasteiger partial charge in [0.05, 0.1) is 24.0 Å². The molecule has 9 nitrogen and oxygen atoms in total. The van der Waals surface area contributed by atoms with Gasteiger partial charge in [0.25, 0.3) is 0 Å². The van der Waals surface area contributed by atoms with Crippen LogP contribution in [-0.4, -0.2) is 49.6 Å². The first-order chi connectivity index (χ1) is 19.5. The van der Waals surface area contributed by atoms with Gasteiger partial charge in [-0.1, -0.05) is 23.7 Å². The number of anilines is 3. The van der Waals surface area contributed by atoms with Crippen molar-refractivity contribution >= 4 is 40.5 Å². The minimum absolute atomic E-state index is 0.0424. The third-order valence-corrected chi connectivity index (χ3v) is 8.46. The van der Waals surface area contributed by atoms with E-state index in [0.717, 1.165) is 54.9 Å². The van der Waals surface area contributed by atoms with Crippen LogP contribution < -0.4 is 15.5 Å². The van der Waals surface area contributed by atoms with Gasteiger partial charge in [-0.2, -0.15) is 0 Å². The minimum Gasteiger partial charge on any atom is -0.393 e. The van der Waals surface area contributed by atoms with Crippen molar-refractivity contribution in [2.45, 2.75) is 56.6 Å². The number of aliphatic hydroxyl groups is 1. The molecule has 2 saturated carbocycles. The van der Waals surface area contributed by atoms with E-state index >= 15 is 0 Å². The highest BCUT2D eigenvalue weighted by atomic mass is 35.5. The van der Waals surface area contributed by atoms with Gasteiger partial charge in [0.15, 0.2) is 5.65 Å². The lowest BCUT2D eigenvalue weighted by Gasteiger charge is -2.31. The SMILES string of the molecule is O=C(Nc1cc(NCc2cn3cc(C4CC4)cc(N4CCC(O)CC4)c3n2)ncn1)[C@H]1C[C@@H]1c1cccc(Cl)c1. The zero-order chi connectivity index (χ0) is 27.2. The molecule has 1 aromatic carbocycles. The molecule has 7 rings (SSSR count). The van der Waals surface area contributed by atoms with Gasteiger partial charge in [0.2, 0.25) is 5.91 Å². The van der Waals surface area contributed by atoms with E-state index in [0.29, 0.717) is 29.1 Å². The number of fused-ring (bicyclic) bond motifs is 1. The first-order valence-electron chi connectivity index (χ1n) is 14.1. The molecular formula is C30H32ClN7O2. The number of nitrogens with zero attached hydrogens (tertiary/aromatic N) is 5. The van der Waals surface area contributed by atoms with Gasteiger partial charge < -0.3 is 25.0 Å². The summed E-state index contributed by atoms with van der Waals surface area (Å²) in [5, 5.41) is 17.0. The van der Waals surface area contributed by atoms with Gasteiger partial charge in [0, 0.05) is 42.5 Å². The van der Waals surface area contributed by atoms with Crippen molar-refractivity contribution in [1.29, 1.82) is 0 Å². The monoisotopic (exact) mass is 557 g/mol. The highest BCUT2D eigenvalue weighted by molar-refractivity contribution is 6.30. The Morgan fingerprint density at radius 2 is 1.85 bits per heavy atom. The summed E-state index contributed by atoms with van der Waals surface area (Å²) in [4.78, 5) is 28.7. The van der Waals surface area contributed by atoms with E-state index in [1.807, 2.05) is 24.3 Å². The Balaban J connectivity index is 1.03. The van der Waals surface area contributed by atoms with Crippen LogP contribution in [0.15, 0.2) is 55.1 Å². The predicted octanol–water partition coefficient (Wildman–Crippen LogP) is 4.97. The maximum absolute atomic E-state index is 12.8. The molecule has 3 aromatic heterocycles. The molecule has 1 aliphatic heterocycles. The zero-order valence-corrected chi connectivity index (χ0v) is 22.9. The second-order valence-electron chi connectivity index (χ2n) is 11.2. The maximum Gasteiger partial charge on any atom is 0.229 e. The smallest absolute Gasteiger partial charge is 0.229 e. The zero-order valence-electron chi connectivity index (χ0n) is 22.1. The second kappa shape index (κ2) is 10.4. The molecule has 0 radical (unpaired) electrons. The number of carbonyl (C=O) groups excluding carboxylic acids is 1. The number of imidazole rings is 1. The number of rotatable bonds is 8. The molecule has 3 fully saturated rings. The second-order valence-corrected chi connectivity index (χ2v) is 11.7. The number of halogens is 1. The van der Waals surface area contributed by atoms with Gasteiger partial charge in [-0.3, -0.25) is 4.79 Å². The summed E-state index contributed by atoms with van der Waals surface area (Å²) in [6.45, 7) is 2.16. The molecule has 206 valence electrons. The molecule has 1 saturated heterocycles. The quantitative estimate of drug-likeness (QED) is 0.281. The molecule has 3 aliphatic rings. The van der Waals surface area contributed by atoms with Crippen LogP contribution in [0, 0.1) is 5.92 Å². The molecule has 0 unspecified atom stereocenters. The van der Waals surface area contributed by atoms with Gasteiger partial charge >= 0.3 is 0 Å². The molecule has 2 aliphatic carbocycles. The Kier molecular flexibility index (Phi) is 6.56. The standard InChI is InChI=1S/C30H32ClN7O2/c31-21-3-1-2-19(10-21)24-12-25(24)30(40)36-28-13-27(33-17-34-28)32-14-22-16-38-15-20(18-4-5-18)11-26(29(38)35-22)37-8-6-23(39)7-9-37/h1-3,10-11,13,15-18,23-25,39H,4-9,12,14H2,(H2,32,33,34,36,40)/t24-,25+/m1/s1. The Labute approximate surface area is 237 Å². The summed E-state index contributed by atoms with van der Waals surface area (Å²) in [5.74, 6) is 1.79. The summed E-state index contributed by atoms with van der Waals surface area (Å²) < 4.78 is 2.14. The molecule has 40 heavy (non-hydrogen) atoms. The molecule has 2 atom stereocenters. The third-order valence-electron chi connectivity index (χ3n) is 8.23. The molecule has 3 N–H and O–H groups in total. The number of amides is 1. The van der Waals surface area contributed by atoms with Gasteiger partial charge in [0.1, 0.15) is 18.0 Å². The highest BCUT2D eigenvalue weighted by Crippen LogP contribution is 2.48. The molecular weight excluding hydrogens is 526 g/mol. The Morgan fingerprint density at radius 1 is 1.02 bits per heavy atom. The Bertz CT molecular complexity index is 1560. The fourth-order valence-corrected chi connectivity index (χ4v) is 5.93. The van der Waals surface area contributed by atoms with E-state index in [1.54, 1.807) is 6.07 Å². The van der Waals surface area contributed by atoms with Crippen LogP contribution in [0.4, 0.5) is 17.3 Å². The summed E-state index contributed by atoms with van der Waals surface area (Å²) >= 11 is 6.12. The lowest BCUT2D eigenvalue weighted by atomic mass is 10.1. The Hall–Kier alpha value is -3.69. The number of aromatic nitrogens is 4. The minimum atomic E-state index is -0.213. The number of hydrogen-bond acceptors (Lipinski definition) is 7. The van der Waals surface area contributed by atoms with E-state index in [-0.39, 0.29) is 23.8 Å². The number of piperidine rings is 1. The number of carbonyl (C=O) groups is 1. The number of nitrogens with one attached hydrogen (secondary N) is 2. The van der Waals surface area contributed by atoms with E-state index in [9.17, 15) is 9.90 Å². The Morgan fingerprint density at radius 3 is 2.65 bits per heavy atom. The lowest BCUT2D eigenvalue weighted by molar-refractivity contribution is -0.117. The molecule has 4 aromatic rings. The van der Waals surface area contributed by atoms with Crippen LogP contribution in [0.5, 0.6) is 0 Å². The van der Waals surface area contributed by atoms with Crippen molar-refractivity contribution in [2.75, 3.05) is 28.6 Å². The first-order valence-corrected chi connectivity index (χ1v) is 14.4. The highest BCUT2D eigenvalue weighted by Gasteiger charge is 2.44. The number of hydrogen-bond donors (Lipinski definition) is 3. The summed E-state index contributed by atoms with van der Waals surface area (Å²) in [5.41, 5.74) is 5.43. The van der Waals surface area contributed by atoms with Crippen LogP contribution in [0.2, 0.25) is 5.02 Å². The number of benzene rings is 1. The fourth-order valence-electron chi connectivity index (χ4n) is 5.73. The van der Waals surface area contributed by atoms with Crippen LogP contribution in [0.25, 0.3) is 5.65 Å². The fraction of sp³-hybridized carbons (Fsp3) is 0.400. The average Bonchev–Trinajstić information content (AvgIpc) is 3.88. The molecule has 1 amide bonds. The topological polar surface area (TPSA) is 108 Å². The van der Waals surface area contributed by atoms with Crippen LogP contribution >= 0.6 is 11.6 Å². The van der Waals surface area contributed by atoms with Crippen molar-refractivity contribution < 1.29 is 9.90 Å². The van der Waals surface area contributed by atoms with E-state index in [1.165, 1.54) is 24.7 Å². The first kappa shape index (κ1) is 25.3. The van der Waals surface area contributed by atoms with Crippen molar-refractivity contribution in [3.8, 4) is 0 Å². The van der Waals surface area contributed by atoms with Gasteiger partial charge in [-0.05, 0) is 73.3 Å². The molecule has 0 spiro atoms. The van der Waals surface area contributed by atoms with E-state index in [4.69, 9.17) is 16.6 Å². The van der Waals surface area contributed by atoms with Crippen LogP contribution in [-0.2, 0) is 11.3 Å². The average molecular weight is 558 g/mol. The summed E-state index contributed by atoms with van der Waals surface area (Å²) in [6, 6.07) is 11.8. The lowest BCUT2D eigenvalue weighted by Crippen LogP contribution is -2.36. The van der Waals surface area contributed by atoms with Crippen molar-refractivity contribution in [1.82, 2.24) is 19.4 Å². The van der Waals surface area contributed by atoms with Crippen molar-refractivity contribution in [2.24, 2.45) is 5.92 Å². The normalized spacial score (nSPS) is 21.0. The maximum atomic E-state index is 12.8. The third kappa shape index (κ3) is 5.36. The number of pyridine rings is 1. The predicted molar refractivity (Wildman–Crippen MR) is 155 cm³/mol. The van der Waals surface area contributed by atoms with Crippen LogP contribution in [0.1, 0.15) is 60.8 Å². The largest absolute Gasteiger partial charge is 0.393 e. The van der Waals surface area contributed by atoms with Crippen molar-refractivity contribution in [3.05, 3.63) is 77.0 Å². The van der Waals surface area contributed by atoms with E-state index in [2.05, 4.69) is 48.4 Å². The van der Waals surface area contributed by atoms with Crippen LogP contribution in [0.3, 0.4) is 0 Å². The molecule has 0 bridgehead atoms. The van der Waals surface area contributed by atoms with Gasteiger partial charge in [-0.25, -0.2) is 15.0 Å². The molecule has 4 heterocycles. The molecule has 10 heteroatoms.